The maximum Gasteiger partial charge on any atom is 0.497 e. The Labute approximate surface area is 120 Å². The largest absolute Gasteiger partial charge is 0.497 e. The van der Waals surface area contributed by atoms with E-state index in [2.05, 4.69) is 43.3 Å². The first kappa shape index (κ1) is 13.6. The predicted octanol–water partition coefficient (Wildman–Crippen LogP) is 2.18. The lowest BCUT2D eigenvalue weighted by molar-refractivity contribution is 0.00578. The topological polar surface area (TPSA) is 36.3 Å². The van der Waals surface area contributed by atoms with Gasteiger partial charge in [0.05, 0.1) is 22.2 Å². The van der Waals surface area contributed by atoms with Crippen LogP contribution in [0.3, 0.4) is 0 Å². The molecule has 0 saturated carbocycles. The molecule has 1 saturated heterocycles. The fourth-order valence-electron chi connectivity index (χ4n) is 2.51. The van der Waals surface area contributed by atoms with E-state index in [0.717, 1.165) is 22.3 Å². The van der Waals surface area contributed by atoms with Crippen LogP contribution in [0, 0.1) is 6.92 Å². The van der Waals surface area contributed by atoms with E-state index in [-0.39, 0.29) is 18.3 Å². The normalized spacial score (nSPS) is 20.8. The number of nitrogens with zero attached hydrogens (tertiary/aromatic N) is 2. The summed E-state index contributed by atoms with van der Waals surface area (Å²) in [4.78, 5) is 4.66. The smallest absolute Gasteiger partial charge is 0.399 e. The Hall–Kier alpha value is -1.33. The third-order valence-corrected chi connectivity index (χ3v) is 4.67. The molecule has 0 N–H and O–H groups in total. The molecule has 3 rings (SSSR count). The Bertz CT molecular complexity index is 660. The summed E-state index contributed by atoms with van der Waals surface area (Å²) < 4.78 is 14.4. The van der Waals surface area contributed by atoms with Gasteiger partial charge in [-0.25, -0.2) is 4.98 Å². The van der Waals surface area contributed by atoms with Crippen LogP contribution in [0.15, 0.2) is 18.2 Å². The molecular weight excluding hydrogens is 251 g/mol. The van der Waals surface area contributed by atoms with Crippen LogP contribution in [0.1, 0.15) is 33.5 Å². The van der Waals surface area contributed by atoms with E-state index in [9.17, 15) is 0 Å². The summed E-state index contributed by atoms with van der Waals surface area (Å²) in [6, 6.07) is 6.14. The van der Waals surface area contributed by atoms with Gasteiger partial charge >= 0.3 is 7.12 Å². The van der Waals surface area contributed by atoms with E-state index in [4.69, 9.17) is 9.31 Å². The summed E-state index contributed by atoms with van der Waals surface area (Å²) in [5.74, 6) is 0.990. The number of imidazole rings is 1. The summed E-state index contributed by atoms with van der Waals surface area (Å²) in [6.07, 6.45) is 0. The monoisotopic (exact) mass is 272 g/mol. The van der Waals surface area contributed by atoms with Gasteiger partial charge in [-0.1, -0.05) is 12.1 Å². The van der Waals surface area contributed by atoms with E-state index in [1.54, 1.807) is 0 Å². The minimum atomic E-state index is -0.363. The van der Waals surface area contributed by atoms with Gasteiger partial charge in [-0.2, -0.15) is 0 Å². The molecule has 4 nitrogen and oxygen atoms in total. The van der Waals surface area contributed by atoms with Crippen molar-refractivity contribution in [2.45, 2.75) is 45.8 Å². The summed E-state index contributed by atoms with van der Waals surface area (Å²) >= 11 is 0. The van der Waals surface area contributed by atoms with Crippen LogP contribution >= 0.6 is 0 Å². The van der Waals surface area contributed by atoms with Gasteiger partial charge in [-0.05, 0) is 40.7 Å². The second-order valence-corrected chi connectivity index (χ2v) is 6.52. The van der Waals surface area contributed by atoms with Crippen molar-refractivity contribution >= 4 is 23.6 Å². The van der Waals surface area contributed by atoms with Crippen molar-refractivity contribution in [3.63, 3.8) is 0 Å². The summed E-state index contributed by atoms with van der Waals surface area (Å²) in [6.45, 7) is 10.3. The number of hydrogen-bond acceptors (Lipinski definition) is 3. The Morgan fingerprint density at radius 2 is 1.70 bits per heavy atom. The van der Waals surface area contributed by atoms with Gasteiger partial charge in [0, 0.05) is 12.5 Å². The van der Waals surface area contributed by atoms with Crippen molar-refractivity contribution in [2.75, 3.05) is 0 Å². The third-order valence-electron chi connectivity index (χ3n) is 4.67. The number of rotatable bonds is 1. The van der Waals surface area contributed by atoms with Crippen molar-refractivity contribution in [2.24, 2.45) is 7.05 Å². The molecule has 0 aliphatic carbocycles. The van der Waals surface area contributed by atoms with E-state index < -0.39 is 0 Å². The fraction of sp³-hybridized carbons (Fsp3) is 0.533. The molecule has 2 heterocycles. The molecular formula is C15H21BN2O2. The van der Waals surface area contributed by atoms with Gasteiger partial charge in [-0.3, -0.25) is 0 Å². The zero-order chi connectivity index (χ0) is 14.7. The van der Waals surface area contributed by atoms with Gasteiger partial charge in [0.1, 0.15) is 5.82 Å². The predicted molar refractivity (Wildman–Crippen MR) is 81.2 cm³/mol. The fourth-order valence-corrected chi connectivity index (χ4v) is 2.51. The molecule has 2 aromatic rings. The molecule has 0 radical (unpaired) electrons. The van der Waals surface area contributed by atoms with Gasteiger partial charge in [0.2, 0.25) is 0 Å². The van der Waals surface area contributed by atoms with E-state index >= 15 is 0 Å². The average molecular weight is 272 g/mol. The first-order chi connectivity index (χ1) is 9.23. The molecule has 0 atom stereocenters. The zero-order valence-corrected chi connectivity index (χ0v) is 13.0. The molecule has 106 valence electrons. The minimum absolute atomic E-state index is 0.330. The van der Waals surface area contributed by atoms with Crippen LogP contribution in [0.2, 0.25) is 0 Å². The average Bonchev–Trinajstić information content (AvgIpc) is 2.74. The van der Waals surface area contributed by atoms with Crippen LogP contribution in [-0.2, 0) is 16.4 Å². The van der Waals surface area contributed by atoms with Crippen molar-refractivity contribution in [3.05, 3.63) is 24.0 Å². The molecule has 5 heteroatoms. The number of aromatic nitrogens is 2. The Balaban J connectivity index is 2.11. The Morgan fingerprint density at radius 3 is 2.30 bits per heavy atom. The van der Waals surface area contributed by atoms with E-state index in [1.807, 2.05) is 26.1 Å². The van der Waals surface area contributed by atoms with Crippen LogP contribution in [0.4, 0.5) is 0 Å². The van der Waals surface area contributed by atoms with Crippen molar-refractivity contribution in [1.29, 1.82) is 0 Å². The summed E-state index contributed by atoms with van der Waals surface area (Å²) in [7, 11) is 1.66. The maximum atomic E-state index is 6.14. The number of benzene rings is 1. The molecule has 0 spiro atoms. The Morgan fingerprint density at radius 1 is 1.10 bits per heavy atom. The highest BCUT2D eigenvalue weighted by Crippen LogP contribution is 2.36. The quantitative estimate of drug-likeness (QED) is 0.746. The maximum absolute atomic E-state index is 6.14. The lowest BCUT2D eigenvalue weighted by atomic mass is 9.78. The number of fused-ring (bicyclic) bond motifs is 1. The molecule has 1 aliphatic heterocycles. The Kier molecular flexibility index (Phi) is 2.79. The van der Waals surface area contributed by atoms with Crippen molar-refractivity contribution in [3.8, 4) is 0 Å². The second kappa shape index (κ2) is 4.09. The molecule has 0 bridgehead atoms. The number of aryl methyl sites for hydroxylation is 2. The minimum Gasteiger partial charge on any atom is -0.399 e. The molecule has 1 aromatic heterocycles. The summed E-state index contributed by atoms with van der Waals surface area (Å²) in [5, 5.41) is 0. The zero-order valence-electron chi connectivity index (χ0n) is 13.0. The standard InChI is InChI=1S/C15H21BN2O2/c1-10-17-13-11(8-7-9-12(13)18(10)6)16-19-14(2,3)15(4,5)20-16/h7-9H,1-6H3. The lowest BCUT2D eigenvalue weighted by Gasteiger charge is -2.32. The molecule has 0 amide bonds. The second-order valence-electron chi connectivity index (χ2n) is 6.52. The van der Waals surface area contributed by atoms with Gasteiger partial charge in [0.25, 0.3) is 0 Å². The van der Waals surface area contributed by atoms with Gasteiger partial charge in [0.15, 0.2) is 0 Å². The third kappa shape index (κ3) is 1.80. The lowest BCUT2D eigenvalue weighted by Crippen LogP contribution is -2.41. The molecule has 20 heavy (non-hydrogen) atoms. The van der Waals surface area contributed by atoms with Crippen molar-refractivity contribution in [1.82, 2.24) is 9.55 Å². The van der Waals surface area contributed by atoms with Crippen LogP contribution in [0.5, 0.6) is 0 Å². The van der Waals surface area contributed by atoms with Crippen LogP contribution in [0.25, 0.3) is 11.0 Å². The first-order valence-electron chi connectivity index (χ1n) is 7.00. The number of hydrogen-bond donors (Lipinski definition) is 0. The first-order valence-corrected chi connectivity index (χ1v) is 7.00. The molecule has 1 fully saturated rings. The SMILES string of the molecule is Cc1nc2c(B3OC(C)(C)C(C)(C)O3)cccc2n1C. The molecule has 0 unspecified atom stereocenters. The molecule has 1 aliphatic rings. The molecule has 1 aromatic carbocycles. The highest BCUT2D eigenvalue weighted by molar-refractivity contribution is 6.64. The van der Waals surface area contributed by atoms with E-state index in [0.29, 0.717) is 0 Å². The van der Waals surface area contributed by atoms with Crippen molar-refractivity contribution < 1.29 is 9.31 Å². The number of para-hydroxylation sites is 1. The van der Waals surface area contributed by atoms with Gasteiger partial charge < -0.3 is 13.9 Å². The highest BCUT2D eigenvalue weighted by atomic mass is 16.7. The van der Waals surface area contributed by atoms with Gasteiger partial charge in [-0.15, -0.1) is 0 Å². The highest BCUT2D eigenvalue weighted by Gasteiger charge is 2.52. The summed E-state index contributed by atoms with van der Waals surface area (Å²) in [5.41, 5.74) is 2.42. The van der Waals surface area contributed by atoms with Crippen LogP contribution < -0.4 is 5.46 Å². The van der Waals surface area contributed by atoms with E-state index in [1.165, 1.54) is 0 Å². The van der Waals surface area contributed by atoms with Crippen LogP contribution in [-0.4, -0.2) is 27.9 Å².